The minimum Gasteiger partial charge on any atom is -0.481 e. The van der Waals surface area contributed by atoms with Crippen molar-refractivity contribution in [3.05, 3.63) is 35.4 Å². The van der Waals surface area contributed by atoms with Crippen molar-refractivity contribution in [2.75, 3.05) is 6.54 Å². The van der Waals surface area contributed by atoms with Crippen LogP contribution in [0.1, 0.15) is 54.4 Å². The second-order valence-corrected chi connectivity index (χ2v) is 6.36. The van der Waals surface area contributed by atoms with Crippen LogP contribution >= 0.6 is 12.4 Å². The minimum atomic E-state index is -0.724. The fraction of sp³-hybridized carbons (Fsp3) is 0.556. The molecule has 6 heteroatoms. The molecule has 24 heavy (non-hydrogen) atoms. The van der Waals surface area contributed by atoms with Gasteiger partial charge >= 0.3 is 5.97 Å². The molecular weight excluding hydrogens is 328 g/mol. The predicted octanol–water partition coefficient (Wildman–Crippen LogP) is 2.76. The number of halogens is 1. The summed E-state index contributed by atoms with van der Waals surface area (Å²) in [4.78, 5) is 22.9. The molecule has 0 radical (unpaired) electrons. The third-order valence-corrected chi connectivity index (χ3v) is 4.60. The Morgan fingerprint density at radius 3 is 2.29 bits per heavy atom. The zero-order valence-corrected chi connectivity index (χ0v) is 14.7. The highest BCUT2D eigenvalue weighted by Gasteiger charge is 2.23. The first-order chi connectivity index (χ1) is 11.1. The van der Waals surface area contributed by atoms with Crippen LogP contribution < -0.4 is 11.1 Å². The van der Waals surface area contributed by atoms with Crippen molar-refractivity contribution in [3.8, 4) is 0 Å². The second-order valence-electron chi connectivity index (χ2n) is 6.36. The number of carboxylic acids is 1. The third-order valence-electron chi connectivity index (χ3n) is 4.60. The predicted molar refractivity (Wildman–Crippen MR) is 96.5 cm³/mol. The van der Waals surface area contributed by atoms with Gasteiger partial charge in [-0.3, -0.25) is 9.59 Å². The lowest BCUT2D eigenvalue weighted by Gasteiger charge is -2.28. The Kier molecular flexibility index (Phi) is 8.79. The Balaban J connectivity index is 0.00000288. The molecule has 5 nitrogen and oxygen atoms in total. The summed E-state index contributed by atoms with van der Waals surface area (Å²) < 4.78 is 0. The Morgan fingerprint density at radius 2 is 1.75 bits per heavy atom. The first kappa shape index (κ1) is 20.5. The molecule has 0 aliphatic heterocycles. The Morgan fingerprint density at radius 1 is 1.12 bits per heavy atom. The summed E-state index contributed by atoms with van der Waals surface area (Å²) in [6.07, 6.45) is 5.67. The first-order valence-electron chi connectivity index (χ1n) is 8.40. The van der Waals surface area contributed by atoms with Crippen LogP contribution in [0.15, 0.2) is 24.3 Å². The zero-order chi connectivity index (χ0) is 16.7. The number of carbonyl (C=O) groups is 2. The van der Waals surface area contributed by atoms with Gasteiger partial charge in [0.15, 0.2) is 0 Å². The lowest BCUT2D eigenvalue weighted by atomic mass is 9.83. The van der Waals surface area contributed by atoms with Crippen molar-refractivity contribution >= 4 is 24.3 Å². The van der Waals surface area contributed by atoms with E-state index in [0.717, 1.165) is 44.1 Å². The van der Waals surface area contributed by atoms with Crippen LogP contribution in [0, 0.1) is 5.92 Å². The molecule has 1 aromatic rings. The summed E-state index contributed by atoms with van der Waals surface area (Å²) in [5, 5.41) is 11.8. The highest BCUT2D eigenvalue weighted by Crippen LogP contribution is 2.28. The van der Waals surface area contributed by atoms with Gasteiger partial charge in [0.25, 0.3) is 5.91 Å². The summed E-state index contributed by atoms with van der Waals surface area (Å²) in [6, 6.07) is 7.79. The van der Waals surface area contributed by atoms with Gasteiger partial charge in [-0.25, -0.2) is 0 Å². The molecule has 0 unspecified atom stereocenters. The molecule has 0 atom stereocenters. The van der Waals surface area contributed by atoms with E-state index in [9.17, 15) is 9.59 Å². The topological polar surface area (TPSA) is 92.4 Å². The van der Waals surface area contributed by atoms with Gasteiger partial charge in [-0.2, -0.15) is 0 Å². The Labute approximate surface area is 149 Å². The molecule has 4 N–H and O–H groups in total. The number of nitrogens with two attached hydrogens (primary N) is 1. The number of carboxylic acid groups (broad SMARTS) is 1. The number of rotatable bonds is 7. The molecule has 1 aliphatic rings. The van der Waals surface area contributed by atoms with Crippen LogP contribution in [0.4, 0.5) is 0 Å². The fourth-order valence-electron chi connectivity index (χ4n) is 3.18. The highest BCUT2D eigenvalue weighted by atomic mass is 35.5. The molecule has 1 saturated carbocycles. The maximum atomic E-state index is 12.3. The summed E-state index contributed by atoms with van der Waals surface area (Å²) in [7, 11) is 0. The van der Waals surface area contributed by atoms with Crippen LogP contribution in [0.2, 0.25) is 0 Å². The quantitative estimate of drug-likeness (QED) is 0.702. The van der Waals surface area contributed by atoms with E-state index in [1.807, 2.05) is 24.3 Å². The number of hydrogen-bond donors (Lipinski definition) is 3. The molecule has 134 valence electrons. The van der Waals surface area contributed by atoms with Gasteiger partial charge in [0.05, 0.1) is 0 Å². The van der Waals surface area contributed by atoms with Gasteiger partial charge in [0, 0.05) is 18.0 Å². The van der Waals surface area contributed by atoms with Crippen LogP contribution in [0.5, 0.6) is 0 Å². The van der Waals surface area contributed by atoms with Crippen LogP contribution in [-0.2, 0) is 11.2 Å². The molecule has 0 heterocycles. The molecule has 0 spiro atoms. The van der Waals surface area contributed by atoms with Gasteiger partial charge in [0.2, 0.25) is 0 Å². The van der Waals surface area contributed by atoms with Gasteiger partial charge in [-0.15, -0.1) is 12.4 Å². The van der Waals surface area contributed by atoms with Crippen LogP contribution in [0.25, 0.3) is 0 Å². The van der Waals surface area contributed by atoms with Crippen LogP contribution in [-0.4, -0.2) is 29.6 Å². The molecule has 1 fully saturated rings. The number of benzene rings is 1. The van der Waals surface area contributed by atoms with E-state index in [0.29, 0.717) is 18.0 Å². The molecule has 0 aromatic heterocycles. The van der Waals surface area contributed by atoms with E-state index in [4.69, 9.17) is 10.8 Å². The van der Waals surface area contributed by atoms with Crippen molar-refractivity contribution in [1.29, 1.82) is 0 Å². The normalized spacial score (nSPS) is 20.0. The van der Waals surface area contributed by atoms with Crippen LogP contribution in [0.3, 0.4) is 0 Å². The Bertz CT molecular complexity index is 526. The lowest BCUT2D eigenvalue weighted by Crippen LogP contribution is -2.37. The standard InChI is InChI=1S/C18H26N2O3.ClH/c19-12-11-14-1-6-15(7-2-14)18(23)20-16-8-3-13(4-9-16)5-10-17(21)22;/h1-2,6-7,13,16H,3-5,8-12,19H2,(H,20,23)(H,21,22);1H/t13-,16-;. The van der Waals surface area contributed by atoms with E-state index >= 15 is 0 Å². The minimum absolute atomic E-state index is 0. The third kappa shape index (κ3) is 6.49. The molecule has 0 bridgehead atoms. The first-order valence-corrected chi connectivity index (χ1v) is 8.40. The van der Waals surface area contributed by atoms with Crippen molar-refractivity contribution in [2.45, 2.75) is 51.0 Å². The average Bonchev–Trinajstić information content (AvgIpc) is 2.55. The van der Waals surface area contributed by atoms with Gasteiger partial charge < -0.3 is 16.2 Å². The van der Waals surface area contributed by atoms with Gasteiger partial charge in [-0.05, 0) is 68.7 Å². The van der Waals surface area contributed by atoms with E-state index in [1.165, 1.54) is 0 Å². The molecule has 1 aromatic carbocycles. The second kappa shape index (κ2) is 10.3. The zero-order valence-electron chi connectivity index (χ0n) is 13.9. The SMILES string of the molecule is Cl.NCCc1ccc(C(=O)N[C@H]2CC[C@H](CCC(=O)O)CC2)cc1. The lowest BCUT2D eigenvalue weighted by molar-refractivity contribution is -0.137. The number of amides is 1. The smallest absolute Gasteiger partial charge is 0.303 e. The van der Waals surface area contributed by atoms with Gasteiger partial charge in [-0.1, -0.05) is 12.1 Å². The number of nitrogens with one attached hydrogen (secondary N) is 1. The molecule has 1 amide bonds. The fourth-order valence-corrected chi connectivity index (χ4v) is 3.18. The summed E-state index contributed by atoms with van der Waals surface area (Å²) in [5.74, 6) is -0.272. The highest BCUT2D eigenvalue weighted by molar-refractivity contribution is 5.94. The maximum Gasteiger partial charge on any atom is 0.303 e. The summed E-state index contributed by atoms with van der Waals surface area (Å²) in [6.45, 7) is 0.608. The summed E-state index contributed by atoms with van der Waals surface area (Å²) in [5.41, 5.74) is 7.34. The van der Waals surface area contributed by atoms with Gasteiger partial charge in [0.1, 0.15) is 0 Å². The number of carbonyl (C=O) groups excluding carboxylic acids is 1. The molecule has 0 saturated heterocycles. The Hall–Kier alpha value is -1.59. The molecular formula is C18H27ClN2O3. The molecule has 2 rings (SSSR count). The monoisotopic (exact) mass is 354 g/mol. The molecule has 1 aliphatic carbocycles. The van der Waals surface area contributed by atoms with E-state index in [1.54, 1.807) is 0 Å². The van der Waals surface area contributed by atoms with Crippen molar-refractivity contribution in [1.82, 2.24) is 5.32 Å². The van der Waals surface area contributed by atoms with Crippen molar-refractivity contribution in [3.63, 3.8) is 0 Å². The van der Waals surface area contributed by atoms with Crippen molar-refractivity contribution in [2.24, 2.45) is 11.7 Å². The summed E-state index contributed by atoms with van der Waals surface area (Å²) >= 11 is 0. The van der Waals surface area contributed by atoms with E-state index in [-0.39, 0.29) is 30.8 Å². The largest absolute Gasteiger partial charge is 0.481 e. The number of hydrogen-bond acceptors (Lipinski definition) is 3. The average molecular weight is 355 g/mol. The van der Waals surface area contributed by atoms with E-state index < -0.39 is 5.97 Å². The number of aliphatic carboxylic acids is 1. The maximum absolute atomic E-state index is 12.3. The van der Waals surface area contributed by atoms with Crippen molar-refractivity contribution < 1.29 is 14.7 Å². The van der Waals surface area contributed by atoms with E-state index in [2.05, 4.69) is 5.32 Å².